The summed E-state index contributed by atoms with van der Waals surface area (Å²) >= 11 is -1.64. The highest BCUT2D eigenvalue weighted by molar-refractivity contribution is 7.75. The summed E-state index contributed by atoms with van der Waals surface area (Å²) in [5.41, 5.74) is 1.02. The second-order valence-electron chi connectivity index (χ2n) is 9.82. The second kappa shape index (κ2) is 11.5. The smallest absolute Gasteiger partial charge is 0.410 e. The summed E-state index contributed by atoms with van der Waals surface area (Å²) < 4.78 is 38.7. The van der Waals surface area contributed by atoms with Gasteiger partial charge in [-0.3, -0.25) is 13.4 Å². The highest BCUT2D eigenvalue weighted by atomic mass is 32.2. The maximum atomic E-state index is 12.3. The molecule has 0 radical (unpaired) electrons. The average molecular weight is 521 g/mol. The lowest BCUT2D eigenvalue weighted by atomic mass is 10.1. The first-order valence-electron chi connectivity index (χ1n) is 11.9. The van der Waals surface area contributed by atoms with Crippen molar-refractivity contribution in [3.05, 3.63) is 35.9 Å². The van der Waals surface area contributed by atoms with Gasteiger partial charge in [0.05, 0.1) is 25.0 Å². The van der Waals surface area contributed by atoms with E-state index in [2.05, 4.69) is 15.0 Å². The number of carbonyl (C=O) groups excluding carboxylic acids is 1. The summed E-state index contributed by atoms with van der Waals surface area (Å²) in [6, 6.07) is 3.69. The van der Waals surface area contributed by atoms with Gasteiger partial charge in [-0.05, 0) is 46.2 Å². The number of rotatable bonds is 6. The highest BCUT2D eigenvalue weighted by Gasteiger charge is 2.28. The molecule has 0 bridgehead atoms. The Balaban J connectivity index is 1.30. The number of hydrogen-bond donors (Lipinski definition) is 0. The molecule has 0 atom stereocenters. The first-order valence-corrected chi connectivity index (χ1v) is 12.9. The molecule has 4 rings (SSSR count). The second-order valence-corrected chi connectivity index (χ2v) is 10.7. The van der Waals surface area contributed by atoms with Gasteiger partial charge in [-0.15, -0.1) is 0 Å². The zero-order valence-corrected chi connectivity index (χ0v) is 21.8. The molecule has 36 heavy (non-hydrogen) atoms. The molecule has 11 nitrogen and oxygen atoms in total. The van der Waals surface area contributed by atoms with Crippen molar-refractivity contribution in [3.63, 3.8) is 0 Å². The van der Waals surface area contributed by atoms with E-state index in [-0.39, 0.29) is 18.1 Å². The molecule has 2 aliphatic rings. The van der Waals surface area contributed by atoms with Crippen LogP contribution in [0.15, 0.2) is 24.7 Å². The molecule has 0 unspecified atom stereocenters. The maximum absolute atomic E-state index is 12.3. The van der Waals surface area contributed by atoms with E-state index in [1.807, 2.05) is 39.8 Å². The van der Waals surface area contributed by atoms with Gasteiger partial charge in [-0.1, -0.05) is 0 Å². The quantitative estimate of drug-likeness (QED) is 0.559. The largest absolute Gasteiger partial charge is 0.474 e. The van der Waals surface area contributed by atoms with Crippen LogP contribution in [0.4, 0.5) is 4.79 Å². The summed E-state index contributed by atoms with van der Waals surface area (Å²) in [6.45, 7) is 9.27. The van der Waals surface area contributed by atoms with Gasteiger partial charge >= 0.3 is 17.5 Å². The molecule has 2 fully saturated rings. The van der Waals surface area contributed by atoms with Gasteiger partial charge in [0.1, 0.15) is 23.8 Å². The molecule has 2 aliphatic heterocycles. The number of nitrogens with zero attached hydrogens (tertiary/aromatic N) is 4. The fraction of sp³-hybridized carbons (Fsp3) is 0.583. The Labute approximate surface area is 213 Å². The van der Waals surface area contributed by atoms with Crippen LogP contribution in [0, 0.1) is 12.8 Å². The minimum atomic E-state index is -1.64. The van der Waals surface area contributed by atoms with Crippen molar-refractivity contribution in [1.29, 1.82) is 0 Å². The minimum absolute atomic E-state index is 0.0729. The van der Waals surface area contributed by atoms with Crippen LogP contribution in [0.25, 0.3) is 0 Å². The van der Waals surface area contributed by atoms with E-state index in [1.165, 1.54) is 6.33 Å². The molecule has 1 amide bonds. The number of pyridine rings is 1. The molecule has 0 spiro atoms. The lowest BCUT2D eigenvalue weighted by Gasteiger charge is -2.33. The van der Waals surface area contributed by atoms with Crippen molar-refractivity contribution in [2.75, 3.05) is 26.3 Å². The fourth-order valence-corrected chi connectivity index (χ4v) is 4.46. The molecule has 0 aromatic carbocycles. The molecule has 12 heteroatoms. The van der Waals surface area contributed by atoms with Crippen LogP contribution in [-0.4, -0.2) is 68.2 Å². The summed E-state index contributed by atoms with van der Waals surface area (Å²) in [4.78, 5) is 27.0. The third-order valence-corrected chi connectivity index (χ3v) is 6.33. The third-order valence-electron chi connectivity index (χ3n) is 5.67. The number of ether oxygens (including phenoxy) is 3. The van der Waals surface area contributed by atoms with Gasteiger partial charge < -0.3 is 19.1 Å². The van der Waals surface area contributed by atoms with Gasteiger partial charge in [0.15, 0.2) is 0 Å². The van der Waals surface area contributed by atoms with E-state index < -0.39 is 17.0 Å². The molecule has 0 saturated carbocycles. The Morgan fingerprint density at radius 3 is 2.44 bits per heavy atom. The molecule has 0 N–H and O–H groups in total. The monoisotopic (exact) mass is 520 g/mol. The molecule has 0 aliphatic carbocycles. The SMILES string of the molecule is Cc1c(Oc2ccc(C[C@H]3CO[S@](=O)OC3)nc2)ncnc1OC1CCN(C(=O)OC(C)(C)C)CC1. The lowest BCUT2D eigenvalue weighted by Crippen LogP contribution is -2.44. The number of aromatic nitrogens is 3. The zero-order valence-electron chi connectivity index (χ0n) is 21.0. The van der Waals surface area contributed by atoms with Crippen LogP contribution >= 0.6 is 0 Å². The van der Waals surface area contributed by atoms with Gasteiger partial charge in [-0.25, -0.2) is 14.8 Å². The van der Waals surface area contributed by atoms with Crippen LogP contribution in [0.1, 0.15) is 44.9 Å². The summed E-state index contributed by atoms with van der Waals surface area (Å²) in [5.74, 6) is 1.48. The lowest BCUT2D eigenvalue weighted by molar-refractivity contribution is 0.0122. The number of amides is 1. The summed E-state index contributed by atoms with van der Waals surface area (Å²) in [7, 11) is 0. The van der Waals surface area contributed by atoms with Gasteiger partial charge in [0.25, 0.3) is 0 Å². The van der Waals surface area contributed by atoms with Crippen LogP contribution in [0.2, 0.25) is 0 Å². The number of hydrogen-bond acceptors (Lipinski definition) is 10. The van der Waals surface area contributed by atoms with Gasteiger partial charge in [0, 0.05) is 37.5 Å². The highest BCUT2D eigenvalue weighted by Crippen LogP contribution is 2.29. The van der Waals surface area contributed by atoms with E-state index in [1.54, 1.807) is 11.1 Å². The molecule has 2 aromatic heterocycles. The minimum Gasteiger partial charge on any atom is -0.474 e. The normalized spacial score (nSPS) is 21.2. The standard InChI is InChI=1S/C24H32N4O7S/c1-16-21(33-19-7-9-28(10-8-19)23(29)35-24(2,3)4)26-15-27-22(16)34-20-6-5-18(25-12-20)11-17-13-31-36(30)32-14-17/h5-6,12,15,17,19H,7-11,13-14H2,1-4H3/t17-,36-. The van der Waals surface area contributed by atoms with Gasteiger partial charge in [-0.2, -0.15) is 4.21 Å². The van der Waals surface area contributed by atoms with Crippen LogP contribution in [-0.2, 0) is 30.9 Å². The molecular formula is C24H32N4O7S. The molecular weight excluding hydrogens is 488 g/mol. The van der Waals surface area contributed by atoms with E-state index in [9.17, 15) is 9.00 Å². The topological polar surface area (TPSA) is 122 Å². The van der Waals surface area contributed by atoms with E-state index in [4.69, 9.17) is 22.6 Å². The molecule has 196 valence electrons. The Hall–Kier alpha value is -2.83. The first-order chi connectivity index (χ1) is 17.2. The summed E-state index contributed by atoms with van der Waals surface area (Å²) in [6.07, 6.45) is 4.67. The number of carbonyl (C=O) groups is 1. The Kier molecular flexibility index (Phi) is 8.37. The summed E-state index contributed by atoms with van der Waals surface area (Å²) in [5, 5.41) is 0. The predicted molar refractivity (Wildman–Crippen MR) is 130 cm³/mol. The van der Waals surface area contributed by atoms with Crippen LogP contribution < -0.4 is 9.47 Å². The van der Waals surface area contributed by atoms with Crippen molar-refractivity contribution in [1.82, 2.24) is 19.9 Å². The maximum Gasteiger partial charge on any atom is 0.410 e. The van der Waals surface area contributed by atoms with E-state index in [0.717, 1.165) is 5.69 Å². The van der Waals surface area contributed by atoms with Crippen molar-refractivity contribution in [2.45, 2.75) is 58.7 Å². The Morgan fingerprint density at radius 2 is 1.81 bits per heavy atom. The Bertz CT molecular complexity index is 1060. The van der Waals surface area contributed by atoms with Crippen LogP contribution in [0.5, 0.6) is 17.5 Å². The number of piperidine rings is 1. The van der Waals surface area contributed by atoms with E-state index in [0.29, 0.717) is 68.6 Å². The third kappa shape index (κ3) is 7.34. The average Bonchev–Trinajstić information content (AvgIpc) is 2.84. The van der Waals surface area contributed by atoms with Crippen LogP contribution in [0.3, 0.4) is 0 Å². The van der Waals surface area contributed by atoms with Crippen molar-refractivity contribution in [3.8, 4) is 17.5 Å². The van der Waals surface area contributed by atoms with Gasteiger partial charge in [0.2, 0.25) is 11.8 Å². The first kappa shape index (κ1) is 26.2. The molecule has 4 heterocycles. The van der Waals surface area contributed by atoms with Crippen molar-refractivity contribution >= 4 is 17.5 Å². The Morgan fingerprint density at radius 1 is 1.11 bits per heavy atom. The predicted octanol–water partition coefficient (Wildman–Crippen LogP) is 3.53. The van der Waals surface area contributed by atoms with Crippen molar-refractivity contribution < 1.29 is 31.6 Å². The number of likely N-dealkylation sites (tertiary alicyclic amines) is 1. The molecule has 2 saturated heterocycles. The molecule has 2 aromatic rings. The zero-order chi connectivity index (χ0) is 25.7. The van der Waals surface area contributed by atoms with E-state index >= 15 is 0 Å². The van der Waals surface area contributed by atoms with Crippen molar-refractivity contribution in [2.24, 2.45) is 5.92 Å². The fourth-order valence-electron chi connectivity index (χ4n) is 3.78.